The van der Waals surface area contributed by atoms with Crippen molar-refractivity contribution in [1.29, 1.82) is 0 Å². The molecule has 0 aliphatic rings. The lowest BCUT2D eigenvalue weighted by Gasteiger charge is -2.17. The van der Waals surface area contributed by atoms with E-state index in [-0.39, 0.29) is 16.8 Å². The second-order valence-corrected chi connectivity index (χ2v) is 10.7. The molecule has 0 aliphatic carbocycles. The molecule has 1 N–H and O–H groups in total. The first-order chi connectivity index (χ1) is 18.5. The maximum absolute atomic E-state index is 11.7. The van der Waals surface area contributed by atoms with Crippen LogP contribution in [0.4, 0.5) is 0 Å². The maximum atomic E-state index is 11.7. The molecule has 0 radical (unpaired) electrons. The number of benzene rings is 4. The molecule has 7 nitrogen and oxygen atoms in total. The van der Waals surface area contributed by atoms with Crippen molar-refractivity contribution in [3.05, 3.63) is 107 Å². The first-order valence-electron chi connectivity index (χ1n) is 11.8. The Bertz CT molecular complexity index is 1490. The Labute approximate surface area is 230 Å². The Hall–Kier alpha value is -3.84. The van der Waals surface area contributed by atoms with Gasteiger partial charge in [0.25, 0.3) is 10.1 Å². The van der Waals surface area contributed by atoms with Crippen LogP contribution in [0.1, 0.15) is 31.8 Å². The van der Waals surface area contributed by atoms with Gasteiger partial charge in [-0.1, -0.05) is 54.1 Å². The number of methoxy groups -OCH3 is 2. The summed E-state index contributed by atoms with van der Waals surface area (Å²) in [5, 5.41) is 1.04. The van der Waals surface area contributed by atoms with Gasteiger partial charge in [-0.25, -0.2) is 9.59 Å². The van der Waals surface area contributed by atoms with Crippen molar-refractivity contribution in [3.8, 4) is 22.3 Å². The van der Waals surface area contributed by atoms with Crippen molar-refractivity contribution in [2.75, 3.05) is 14.2 Å². The molecule has 1 atom stereocenters. The average molecular weight is 565 g/mol. The van der Waals surface area contributed by atoms with Crippen molar-refractivity contribution in [2.45, 2.75) is 18.7 Å². The molecule has 0 heterocycles. The molecule has 0 bridgehead atoms. The monoisotopic (exact) mass is 564 g/mol. The fourth-order valence-electron chi connectivity index (χ4n) is 3.90. The zero-order valence-corrected chi connectivity index (χ0v) is 23.9. The van der Waals surface area contributed by atoms with Crippen LogP contribution in [0.5, 0.6) is 0 Å². The summed E-state index contributed by atoms with van der Waals surface area (Å²) in [5.74, 6) is -0.720. The van der Waals surface area contributed by atoms with E-state index in [2.05, 4.69) is 28.3 Å². The number of esters is 2. The van der Waals surface area contributed by atoms with Crippen LogP contribution in [0.2, 0.25) is 0 Å². The van der Waals surface area contributed by atoms with Gasteiger partial charge in [0, 0.05) is 0 Å². The van der Waals surface area contributed by atoms with Crippen LogP contribution in [0, 0.1) is 13.8 Å². The van der Waals surface area contributed by atoms with E-state index in [1.165, 1.54) is 26.4 Å². The smallest absolute Gasteiger partial charge is 0.337 e. The lowest BCUT2D eigenvalue weighted by atomic mass is 9.90. The molecular weight excluding hydrogens is 535 g/mol. The third-order valence-corrected chi connectivity index (χ3v) is 7.30. The Morgan fingerprint density at radius 1 is 0.667 bits per heavy atom. The highest BCUT2D eigenvalue weighted by Gasteiger charge is 2.15. The number of carbonyl (C=O) groups is 2. The van der Waals surface area contributed by atoms with Crippen molar-refractivity contribution >= 4 is 36.6 Å². The van der Waals surface area contributed by atoms with Gasteiger partial charge < -0.3 is 9.47 Å². The summed E-state index contributed by atoms with van der Waals surface area (Å²) in [7, 11) is 1.49. The quantitative estimate of drug-likeness (QED) is 0.190. The third kappa shape index (κ3) is 7.39. The number of ether oxygens (including phenoxy) is 2. The maximum Gasteiger partial charge on any atom is 0.337 e. The van der Waals surface area contributed by atoms with Crippen LogP contribution in [0.25, 0.3) is 22.3 Å². The molecule has 4 aromatic carbocycles. The van der Waals surface area contributed by atoms with Crippen LogP contribution in [0.15, 0.2) is 89.8 Å². The molecule has 0 saturated carbocycles. The van der Waals surface area contributed by atoms with Gasteiger partial charge in [-0.2, -0.15) is 8.42 Å². The zero-order valence-electron chi connectivity index (χ0n) is 22.0. The Morgan fingerprint density at radius 2 is 1.10 bits per heavy atom. The van der Waals surface area contributed by atoms with Crippen LogP contribution in [-0.2, 0) is 19.6 Å². The lowest BCUT2D eigenvalue weighted by Crippen LogP contribution is -2.04. The minimum absolute atomic E-state index is 0.0666. The largest absolute Gasteiger partial charge is 0.465 e. The van der Waals surface area contributed by atoms with Crippen LogP contribution < -0.4 is 5.30 Å². The van der Waals surface area contributed by atoms with E-state index in [0.717, 1.165) is 38.7 Å². The van der Waals surface area contributed by atoms with Crippen LogP contribution in [-0.4, -0.2) is 39.1 Å². The molecule has 202 valence electrons. The van der Waals surface area contributed by atoms with Crippen LogP contribution in [0.3, 0.4) is 0 Å². The highest BCUT2D eigenvalue weighted by molar-refractivity contribution is 7.85. The number of aryl methyl sites for hydroxylation is 2. The summed E-state index contributed by atoms with van der Waals surface area (Å²) in [5.41, 5.74) is 7.22. The fraction of sp³-hybridized carbons (Fsp3) is 0.133. The molecule has 4 rings (SSSR count). The number of carbonyl (C=O) groups excluding carboxylic acids is 2. The molecule has 0 fully saturated rings. The highest BCUT2D eigenvalue weighted by Crippen LogP contribution is 2.35. The predicted molar refractivity (Wildman–Crippen MR) is 155 cm³/mol. The van der Waals surface area contributed by atoms with Gasteiger partial charge in [-0.05, 0) is 83.4 Å². The summed E-state index contributed by atoms with van der Waals surface area (Å²) in [6.45, 7) is 3.90. The second-order valence-electron chi connectivity index (χ2n) is 8.65. The first kappa shape index (κ1) is 29.7. The fourth-order valence-corrected chi connectivity index (χ4v) is 4.79. The van der Waals surface area contributed by atoms with Gasteiger partial charge in [0.1, 0.15) is 0 Å². The van der Waals surface area contributed by atoms with E-state index in [4.69, 9.17) is 14.0 Å². The highest BCUT2D eigenvalue weighted by atomic mass is 32.2. The molecule has 0 aliphatic heterocycles. The number of hydrogen-bond donors (Lipinski definition) is 1. The SMILES string of the molecule is COC(=O)c1ccc(-c2c(C)ccc(P)c2-c2ccc(C(=O)OC)cc2)cc1.Cc1ccc(S(=O)(=O)O)cc1. The molecular formula is C30H29O7PS. The predicted octanol–water partition coefficient (Wildman–Crippen LogP) is 5.64. The van der Waals surface area contributed by atoms with E-state index in [9.17, 15) is 18.0 Å². The lowest BCUT2D eigenvalue weighted by molar-refractivity contribution is 0.0592. The van der Waals surface area contributed by atoms with Gasteiger partial charge in [0.05, 0.1) is 30.2 Å². The van der Waals surface area contributed by atoms with Gasteiger partial charge in [0.2, 0.25) is 0 Å². The van der Waals surface area contributed by atoms with Crippen molar-refractivity contribution in [3.63, 3.8) is 0 Å². The number of hydrogen-bond acceptors (Lipinski definition) is 6. The third-order valence-electron chi connectivity index (χ3n) is 5.95. The van der Waals surface area contributed by atoms with E-state index >= 15 is 0 Å². The molecule has 9 heteroatoms. The molecule has 39 heavy (non-hydrogen) atoms. The van der Waals surface area contributed by atoms with Crippen molar-refractivity contribution in [2.24, 2.45) is 0 Å². The van der Waals surface area contributed by atoms with Gasteiger partial charge in [-0.15, -0.1) is 9.24 Å². The Kier molecular flexibility index (Phi) is 9.76. The van der Waals surface area contributed by atoms with E-state index in [0.29, 0.717) is 11.1 Å². The summed E-state index contributed by atoms with van der Waals surface area (Å²) in [6, 6.07) is 24.8. The van der Waals surface area contributed by atoms with E-state index in [1.807, 2.05) is 31.2 Å². The average Bonchev–Trinajstić information content (AvgIpc) is 2.93. The molecule has 0 spiro atoms. The van der Waals surface area contributed by atoms with E-state index in [1.54, 1.807) is 36.4 Å². The Balaban J connectivity index is 0.000000320. The summed E-state index contributed by atoms with van der Waals surface area (Å²) < 4.78 is 39.1. The van der Waals surface area contributed by atoms with E-state index < -0.39 is 10.1 Å². The summed E-state index contributed by atoms with van der Waals surface area (Å²) in [6.07, 6.45) is 0. The summed E-state index contributed by atoms with van der Waals surface area (Å²) >= 11 is 0. The standard InChI is InChI=1S/C23H21O4P.C7H8O3S/c1-14-4-13-19(28)21(16-7-11-18(12-8-16)23(25)27-3)20(14)15-5-9-17(10-6-15)22(24)26-2;1-6-2-4-7(5-3-6)11(8,9)10/h4-13H,28H2,1-3H3;2-5H,1H3,(H,8,9,10). The molecule has 0 saturated heterocycles. The minimum Gasteiger partial charge on any atom is -0.465 e. The van der Waals surface area contributed by atoms with Crippen molar-refractivity contribution in [1.82, 2.24) is 0 Å². The summed E-state index contributed by atoms with van der Waals surface area (Å²) in [4.78, 5) is 23.4. The zero-order chi connectivity index (χ0) is 28.7. The Morgan fingerprint density at radius 3 is 1.51 bits per heavy atom. The van der Waals surface area contributed by atoms with Gasteiger partial charge in [-0.3, -0.25) is 4.55 Å². The van der Waals surface area contributed by atoms with Gasteiger partial charge >= 0.3 is 11.9 Å². The van der Waals surface area contributed by atoms with Gasteiger partial charge in [0.15, 0.2) is 0 Å². The van der Waals surface area contributed by atoms with Crippen LogP contribution >= 0.6 is 9.24 Å². The molecule has 0 aromatic heterocycles. The normalized spacial score (nSPS) is 10.7. The number of rotatable bonds is 5. The molecule has 4 aromatic rings. The molecule has 1 unspecified atom stereocenters. The first-order valence-corrected chi connectivity index (χ1v) is 13.8. The van der Waals surface area contributed by atoms with Crippen molar-refractivity contribution < 1.29 is 32.0 Å². The molecule has 0 amide bonds. The minimum atomic E-state index is -4.02. The second kappa shape index (κ2) is 12.8. The topological polar surface area (TPSA) is 107 Å².